The number of rotatable bonds is 1. The Bertz CT molecular complexity index is 479. The van der Waals surface area contributed by atoms with Gasteiger partial charge >= 0.3 is 0 Å². The molecule has 0 aliphatic rings. The topological polar surface area (TPSA) is 20.2 Å². The van der Waals surface area contributed by atoms with E-state index in [0.29, 0.717) is 10.6 Å². The molecule has 0 bridgehead atoms. The molecule has 0 aromatic heterocycles. The predicted molar refractivity (Wildman–Crippen MR) is 58.5 cm³/mol. The smallest absolute Gasteiger partial charge is 0.123 e. The zero-order chi connectivity index (χ0) is 10.8. The lowest BCUT2D eigenvalue weighted by Crippen LogP contribution is -1.80. The molecule has 0 aliphatic carbocycles. The number of phenols is 1. The average molecular weight is 223 g/mol. The van der Waals surface area contributed by atoms with Crippen LogP contribution in [0.2, 0.25) is 5.02 Å². The quantitative estimate of drug-likeness (QED) is 0.777. The van der Waals surface area contributed by atoms with Gasteiger partial charge in [0.2, 0.25) is 0 Å². The van der Waals surface area contributed by atoms with Gasteiger partial charge in [-0.05, 0) is 35.9 Å². The van der Waals surface area contributed by atoms with Crippen LogP contribution in [0.3, 0.4) is 0 Å². The summed E-state index contributed by atoms with van der Waals surface area (Å²) in [6, 6.07) is 10.6. The second kappa shape index (κ2) is 3.91. The Morgan fingerprint density at radius 2 is 1.67 bits per heavy atom. The summed E-state index contributed by atoms with van der Waals surface area (Å²) >= 11 is 5.81. The molecule has 3 heteroatoms. The molecule has 2 rings (SSSR count). The standard InChI is InChI=1S/C12H8ClFO/c13-9-3-6-12(15)11(7-9)8-1-4-10(14)5-2-8/h1-7,15H. The molecule has 0 saturated carbocycles. The van der Waals surface area contributed by atoms with E-state index in [2.05, 4.69) is 0 Å². The van der Waals surface area contributed by atoms with Crippen LogP contribution in [0.25, 0.3) is 11.1 Å². The maximum atomic E-state index is 12.7. The van der Waals surface area contributed by atoms with E-state index in [1.807, 2.05) is 0 Å². The highest BCUT2D eigenvalue weighted by molar-refractivity contribution is 6.30. The van der Waals surface area contributed by atoms with Crippen molar-refractivity contribution in [1.29, 1.82) is 0 Å². The molecule has 0 unspecified atom stereocenters. The fourth-order valence-electron chi connectivity index (χ4n) is 1.37. The van der Waals surface area contributed by atoms with Gasteiger partial charge < -0.3 is 5.11 Å². The van der Waals surface area contributed by atoms with E-state index in [1.165, 1.54) is 18.2 Å². The summed E-state index contributed by atoms with van der Waals surface area (Å²) in [6.07, 6.45) is 0. The summed E-state index contributed by atoms with van der Waals surface area (Å²) < 4.78 is 12.7. The molecule has 76 valence electrons. The van der Waals surface area contributed by atoms with Crippen LogP contribution in [-0.4, -0.2) is 5.11 Å². The van der Waals surface area contributed by atoms with Gasteiger partial charge in [-0.1, -0.05) is 23.7 Å². The van der Waals surface area contributed by atoms with Crippen molar-refractivity contribution >= 4 is 11.6 Å². The Morgan fingerprint density at radius 3 is 2.33 bits per heavy atom. The molecule has 0 amide bonds. The third-order valence-electron chi connectivity index (χ3n) is 2.11. The maximum absolute atomic E-state index is 12.7. The van der Waals surface area contributed by atoms with Crippen molar-refractivity contribution in [2.45, 2.75) is 0 Å². The lowest BCUT2D eigenvalue weighted by Gasteiger charge is -2.04. The van der Waals surface area contributed by atoms with E-state index in [-0.39, 0.29) is 11.6 Å². The van der Waals surface area contributed by atoms with Crippen molar-refractivity contribution in [2.75, 3.05) is 0 Å². The first kappa shape index (κ1) is 9.99. The van der Waals surface area contributed by atoms with E-state index < -0.39 is 0 Å². The summed E-state index contributed by atoms with van der Waals surface area (Å²) in [6.45, 7) is 0. The molecule has 0 aliphatic heterocycles. The van der Waals surface area contributed by atoms with Gasteiger partial charge in [0, 0.05) is 10.6 Å². The second-order valence-electron chi connectivity index (χ2n) is 3.17. The highest BCUT2D eigenvalue weighted by Gasteiger charge is 2.04. The van der Waals surface area contributed by atoms with Gasteiger partial charge in [0.15, 0.2) is 0 Å². The highest BCUT2D eigenvalue weighted by atomic mass is 35.5. The average Bonchev–Trinajstić information content (AvgIpc) is 2.23. The minimum absolute atomic E-state index is 0.131. The van der Waals surface area contributed by atoms with Gasteiger partial charge in [-0.2, -0.15) is 0 Å². The van der Waals surface area contributed by atoms with Crippen LogP contribution in [0.4, 0.5) is 4.39 Å². The number of phenolic OH excluding ortho intramolecular Hbond substituents is 1. The third-order valence-corrected chi connectivity index (χ3v) is 2.35. The van der Waals surface area contributed by atoms with Crippen molar-refractivity contribution in [2.24, 2.45) is 0 Å². The molecule has 2 aromatic carbocycles. The lowest BCUT2D eigenvalue weighted by molar-refractivity contribution is 0.477. The Labute approximate surface area is 91.8 Å². The molecule has 0 saturated heterocycles. The second-order valence-corrected chi connectivity index (χ2v) is 3.60. The molecule has 0 spiro atoms. The number of halogens is 2. The molecule has 0 fully saturated rings. The molecular formula is C12H8ClFO. The monoisotopic (exact) mass is 222 g/mol. The van der Waals surface area contributed by atoms with Crippen LogP contribution in [0.5, 0.6) is 5.75 Å². The zero-order valence-electron chi connectivity index (χ0n) is 7.74. The predicted octanol–water partition coefficient (Wildman–Crippen LogP) is 3.85. The summed E-state index contributed by atoms with van der Waals surface area (Å²) in [7, 11) is 0. The molecule has 0 radical (unpaired) electrons. The van der Waals surface area contributed by atoms with E-state index in [9.17, 15) is 9.50 Å². The van der Waals surface area contributed by atoms with Gasteiger partial charge in [0.25, 0.3) is 0 Å². The first-order chi connectivity index (χ1) is 7.16. The third kappa shape index (κ3) is 2.10. The normalized spacial score (nSPS) is 10.3. The minimum Gasteiger partial charge on any atom is -0.507 e. The van der Waals surface area contributed by atoms with Crippen LogP contribution in [0, 0.1) is 5.82 Å². The van der Waals surface area contributed by atoms with Crippen LogP contribution < -0.4 is 0 Å². The molecule has 0 atom stereocenters. The lowest BCUT2D eigenvalue weighted by atomic mass is 10.0. The van der Waals surface area contributed by atoms with Gasteiger partial charge in [-0.25, -0.2) is 4.39 Å². The highest BCUT2D eigenvalue weighted by Crippen LogP contribution is 2.31. The molecule has 15 heavy (non-hydrogen) atoms. The Morgan fingerprint density at radius 1 is 1.00 bits per heavy atom. The number of hydrogen-bond donors (Lipinski definition) is 1. The Kier molecular flexibility index (Phi) is 2.60. The van der Waals surface area contributed by atoms with Crippen LogP contribution >= 0.6 is 11.6 Å². The fraction of sp³-hybridized carbons (Fsp3) is 0. The van der Waals surface area contributed by atoms with Gasteiger partial charge in [-0.15, -0.1) is 0 Å². The fourth-order valence-corrected chi connectivity index (χ4v) is 1.54. The zero-order valence-corrected chi connectivity index (χ0v) is 8.50. The van der Waals surface area contributed by atoms with Crippen molar-refractivity contribution in [3.8, 4) is 16.9 Å². The molecule has 0 heterocycles. The Balaban J connectivity index is 2.53. The number of aromatic hydroxyl groups is 1. The molecule has 2 aromatic rings. The van der Waals surface area contributed by atoms with Crippen LogP contribution in [-0.2, 0) is 0 Å². The van der Waals surface area contributed by atoms with Gasteiger partial charge in [0.05, 0.1) is 0 Å². The molecule has 1 N–H and O–H groups in total. The van der Waals surface area contributed by atoms with E-state index in [4.69, 9.17) is 11.6 Å². The van der Waals surface area contributed by atoms with Crippen molar-refractivity contribution in [1.82, 2.24) is 0 Å². The van der Waals surface area contributed by atoms with Crippen LogP contribution in [0.1, 0.15) is 0 Å². The largest absolute Gasteiger partial charge is 0.507 e. The number of hydrogen-bond acceptors (Lipinski definition) is 1. The molecule has 1 nitrogen and oxygen atoms in total. The molecular weight excluding hydrogens is 215 g/mol. The maximum Gasteiger partial charge on any atom is 0.123 e. The summed E-state index contributed by atoms with van der Waals surface area (Å²) in [5.74, 6) is -0.175. The SMILES string of the molecule is Oc1ccc(Cl)cc1-c1ccc(F)cc1. The van der Waals surface area contributed by atoms with E-state index in [0.717, 1.165) is 5.56 Å². The van der Waals surface area contributed by atoms with Crippen molar-refractivity contribution in [3.05, 3.63) is 53.3 Å². The number of benzene rings is 2. The summed E-state index contributed by atoms with van der Waals surface area (Å²) in [5.41, 5.74) is 1.33. The van der Waals surface area contributed by atoms with Crippen molar-refractivity contribution in [3.63, 3.8) is 0 Å². The summed E-state index contributed by atoms with van der Waals surface area (Å²) in [4.78, 5) is 0. The first-order valence-corrected chi connectivity index (χ1v) is 4.79. The van der Waals surface area contributed by atoms with Gasteiger partial charge in [0.1, 0.15) is 11.6 Å². The van der Waals surface area contributed by atoms with Crippen molar-refractivity contribution < 1.29 is 9.50 Å². The van der Waals surface area contributed by atoms with Crippen LogP contribution in [0.15, 0.2) is 42.5 Å². The summed E-state index contributed by atoms with van der Waals surface area (Å²) in [5, 5.41) is 10.1. The van der Waals surface area contributed by atoms with E-state index in [1.54, 1.807) is 24.3 Å². The van der Waals surface area contributed by atoms with E-state index >= 15 is 0 Å². The van der Waals surface area contributed by atoms with Gasteiger partial charge in [-0.3, -0.25) is 0 Å². The Hall–Kier alpha value is -1.54. The first-order valence-electron chi connectivity index (χ1n) is 4.41. The minimum atomic E-state index is -0.305.